The Morgan fingerprint density at radius 2 is 2.16 bits per heavy atom. The number of hydrogen-bond donors (Lipinski definition) is 1. The summed E-state index contributed by atoms with van der Waals surface area (Å²) in [4.78, 5) is 1.45. The van der Waals surface area contributed by atoms with E-state index in [1.807, 2.05) is 6.92 Å². The fraction of sp³-hybridized carbons (Fsp3) is 0.300. The number of sulfonamides is 1. The van der Waals surface area contributed by atoms with Crippen molar-refractivity contribution in [2.24, 2.45) is 7.05 Å². The number of aryl methyl sites for hydroxylation is 2. The molecule has 7 nitrogen and oxygen atoms in total. The van der Waals surface area contributed by atoms with Crippen LogP contribution in [0.15, 0.2) is 27.6 Å². The van der Waals surface area contributed by atoms with Crippen LogP contribution in [0.4, 0.5) is 0 Å². The molecule has 0 radical (unpaired) electrons. The highest BCUT2D eigenvalue weighted by Gasteiger charge is 2.18. The average Bonchev–Trinajstić information content (AvgIpc) is 2.72. The second kappa shape index (κ2) is 5.35. The van der Waals surface area contributed by atoms with E-state index < -0.39 is 10.0 Å². The largest absolute Gasteiger partial charge is 0.242 e. The molecule has 1 heterocycles. The Labute approximate surface area is 119 Å². The number of tetrazole rings is 1. The molecule has 1 aromatic carbocycles. The normalized spacial score (nSPS) is 11.7. The molecule has 0 spiro atoms. The molecule has 0 fully saturated rings. The molecule has 0 aliphatic heterocycles. The second-order valence-electron chi connectivity index (χ2n) is 3.95. The van der Waals surface area contributed by atoms with Gasteiger partial charge in [0, 0.05) is 4.47 Å². The van der Waals surface area contributed by atoms with Gasteiger partial charge in [-0.15, -0.1) is 10.2 Å². The molecule has 2 aromatic rings. The van der Waals surface area contributed by atoms with Gasteiger partial charge in [0.1, 0.15) is 0 Å². The number of halogens is 1. The Balaban J connectivity index is 2.18. The van der Waals surface area contributed by atoms with E-state index in [4.69, 9.17) is 0 Å². The summed E-state index contributed by atoms with van der Waals surface area (Å²) in [5.41, 5.74) is 0.974. The maximum atomic E-state index is 12.1. The molecular formula is C10H12BrN5O2S. The van der Waals surface area contributed by atoms with Crippen molar-refractivity contribution in [3.8, 4) is 0 Å². The standard InChI is InChI=1S/C10H12BrN5O2S/c1-7-3-4-9(8(11)5-7)19(17,18)12-6-10-13-15-16(2)14-10/h3-5,12H,6H2,1-2H3. The molecule has 0 saturated carbocycles. The van der Waals surface area contributed by atoms with Crippen LogP contribution in [0, 0.1) is 6.92 Å². The molecule has 9 heteroatoms. The van der Waals surface area contributed by atoms with Crippen molar-refractivity contribution in [2.45, 2.75) is 18.4 Å². The summed E-state index contributed by atoms with van der Waals surface area (Å²) in [5, 5.41) is 11.2. The number of aromatic nitrogens is 4. The summed E-state index contributed by atoms with van der Waals surface area (Å²) in [5.74, 6) is 0.314. The third-order valence-corrected chi connectivity index (χ3v) is 4.72. The summed E-state index contributed by atoms with van der Waals surface area (Å²) in [6.07, 6.45) is 0. The number of nitrogens with one attached hydrogen (secondary N) is 1. The Bertz CT molecular complexity index is 698. The van der Waals surface area contributed by atoms with E-state index in [2.05, 4.69) is 36.1 Å². The average molecular weight is 346 g/mol. The molecule has 2 rings (SSSR count). The van der Waals surface area contributed by atoms with Crippen LogP contribution in [0.3, 0.4) is 0 Å². The van der Waals surface area contributed by atoms with Gasteiger partial charge in [0.05, 0.1) is 18.5 Å². The van der Waals surface area contributed by atoms with Crippen LogP contribution in [0.2, 0.25) is 0 Å². The smallest absolute Gasteiger partial charge is 0.207 e. The van der Waals surface area contributed by atoms with Crippen molar-refractivity contribution in [3.05, 3.63) is 34.1 Å². The van der Waals surface area contributed by atoms with Crippen molar-refractivity contribution in [3.63, 3.8) is 0 Å². The minimum atomic E-state index is -3.61. The first-order valence-electron chi connectivity index (χ1n) is 5.37. The first-order chi connectivity index (χ1) is 8.88. The van der Waals surface area contributed by atoms with E-state index in [1.165, 1.54) is 4.80 Å². The predicted octanol–water partition coefficient (Wildman–Crippen LogP) is 0.760. The van der Waals surface area contributed by atoms with Gasteiger partial charge in [0.2, 0.25) is 10.0 Å². The Kier molecular flexibility index (Phi) is 3.97. The lowest BCUT2D eigenvalue weighted by Gasteiger charge is -2.07. The molecule has 0 unspecified atom stereocenters. The molecule has 0 atom stereocenters. The van der Waals surface area contributed by atoms with Crippen LogP contribution < -0.4 is 4.72 Å². The minimum absolute atomic E-state index is 0.00348. The number of nitrogens with zero attached hydrogens (tertiary/aromatic N) is 4. The lowest BCUT2D eigenvalue weighted by Crippen LogP contribution is -2.24. The number of rotatable bonds is 4. The van der Waals surface area contributed by atoms with Crippen molar-refractivity contribution < 1.29 is 8.42 Å². The number of hydrogen-bond acceptors (Lipinski definition) is 5. The molecule has 0 saturated heterocycles. The fourth-order valence-electron chi connectivity index (χ4n) is 1.46. The van der Waals surface area contributed by atoms with Crippen LogP contribution in [-0.4, -0.2) is 28.6 Å². The van der Waals surface area contributed by atoms with Gasteiger partial charge in [-0.05, 0) is 45.8 Å². The van der Waals surface area contributed by atoms with E-state index in [0.29, 0.717) is 10.3 Å². The van der Waals surface area contributed by atoms with Crippen molar-refractivity contribution >= 4 is 26.0 Å². The van der Waals surface area contributed by atoms with Crippen LogP contribution >= 0.6 is 15.9 Å². The van der Waals surface area contributed by atoms with Crippen LogP contribution in [0.1, 0.15) is 11.4 Å². The SMILES string of the molecule is Cc1ccc(S(=O)(=O)NCc2nnn(C)n2)c(Br)c1. The van der Waals surface area contributed by atoms with Crippen LogP contribution in [0.5, 0.6) is 0 Å². The molecule has 0 aliphatic carbocycles. The van der Waals surface area contributed by atoms with E-state index in [9.17, 15) is 8.42 Å². The molecule has 0 aliphatic rings. The summed E-state index contributed by atoms with van der Waals surface area (Å²) in [6, 6.07) is 5.03. The van der Waals surface area contributed by atoms with E-state index in [1.54, 1.807) is 25.2 Å². The summed E-state index contributed by atoms with van der Waals surface area (Å²) < 4.78 is 27.2. The second-order valence-corrected chi connectivity index (χ2v) is 6.54. The Morgan fingerprint density at radius 3 is 2.74 bits per heavy atom. The highest BCUT2D eigenvalue weighted by atomic mass is 79.9. The lowest BCUT2D eigenvalue weighted by atomic mass is 10.2. The molecule has 102 valence electrons. The Morgan fingerprint density at radius 1 is 1.42 bits per heavy atom. The van der Waals surface area contributed by atoms with Crippen LogP contribution in [0.25, 0.3) is 0 Å². The lowest BCUT2D eigenvalue weighted by molar-refractivity contribution is 0.578. The van der Waals surface area contributed by atoms with Gasteiger partial charge >= 0.3 is 0 Å². The van der Waals surface area contributed by atoms with Gasteiger partial charge in [-0.25, -0.2) is 13.1 Å². The van der Waals surface area contributed by atoms with Gasteiger partial charge in [-0.1, -0.05) is 6.07 Å². The van der Waals surface area contributed by atoms with Crippen molar-refractivity contribution in [2.75, 3.05) is 0 Å². The minimum Gasteiger partial charge on any atom is -0.207 e. The summed E-state index contributed by atoms with van der Waals surface area (Å²) in [6.45, 7) is 1.88. The van der Waals surface area contributed by atoms with Gasteiger partial charge in [0.25, 0.3) is 0 Å². The molecule has 1 N–H and O–H groups in total. The predicted molar refractivity (Wildman–Crippen MR) is 71.7 cm³/mol. The van der Waals surface area contributed by atoms with E-state index >= 15 is 0 Å². The quantitative estimate of drug-likeness (QED) is 0.883. The molecule has 1 aromatic heterocycles. The molecule has 0 amide bonds. The third kappa shape index (κ3) is 3.37. The highest BCUT2D eigenvalue weighted by molar-refractivity contribution is 9.10. The van der Waals surface area contributed by atoms with Crippen LogP contribution in [-0.2, 0) is 23.6 Å². The fourth-order valence-corrected chi connectivity index (χ4v) is 3.63. The van der Waals surface area contributed by atoms with Gasteiger partial charge in [0.15, 0.2) is 5.82 Å². The topological polar surface area (TPSA) is 89.8 Å². The Hall–Kier alpha value is -1.32. The van der Waals surface area contributed by atoms with Gasteiger partial charge in [-0.2, -0.15) is 4.80 Å². The number of benzene rings is 1. The maximum absolute atomic E-state index is 12.1. The van der Waals surface area contributed by atoms with Crippen molar-refractivity contribution in [1.29, 1.82) is 0 Å². The first-order valence-corrected chi connectivity index (χ1v) is 7.65. The first kappa shape index (κ1) is 14.1. The highest BCUT2D eigenvalue weighted by Crippen LogP contribution is 2.22. The van der Waals surface area contributed by atoms with Gasteiger partial charge in [-0.3, -0.25) is 0 Å². The van der Waals surface area contributed by atoms with E-state index in [-0.39, 0.29) is 11.4 Å². The summed E-state index contributed by atoms with van der Waals surface area (Å²) >= 11 is 3.25. The zero-order valence-electron chi connectivity index (χ0n) is 10.3. The van der Waals surface area contributed by atoms with E-state index in [0.717, 1.165) is 5.56 Å². The van der Waals surface area contributed by atoms with Crippen molar-refractivity contribution in [1.82, 2.24) is 24.9 Å². The molecular weight excluding hydrogens is 334 g/mol. The third-order valence-electron chi connectivity index (χ3n) is 2.35. The maximum Gasteiger partial charge on any atom is 0.242 e. The van der Waals surface area contributed by atoms with Gasteiger partial charge < -0.3 is 0 Å². The molecule has 19 heavy (non-hydrogen) atoms. The zero-order chi connectivity index (χ0) is 14.0. The molecule has 0 bridgehead atoms. The monoisotopic (exact) mass is 345 g/mol. The summed E-state index contributed by atoms with van der Waals surface area (Å²) in [7, 11) is -2.00. The zero-order valence-corrected chi connectivity index (χ0v) is 12.7.